The van der Waals surface area contributed by atoms with Crippen molar-refractivity contribution in [2.75, 3.05) is 12.3 Å². The van der Waals surface area contributed by atoms with E-state index in [-0.39, 0.29) is 0 Å². The van der Waals surface area contributed by atoms with Gasteiger partial charge in [0, 0.05) is 5.92 Å². The van der Waals surface area contributed by atoms with Gasteiger partial charge in [-0.15, -0.1) is 11.8 Å². The molecule has 72 valence electrons. The molecule has 1 nitrogen and oxygen atoms in total. The topological polar surface area (TPSA) is 26.0 Å². The van der Waals surface area contributed by atoms with Gasteiger partial charge in [0.1, 0.15) is 0 Å². The maximum absolute atomic E-state index is 5.68. The van der Waals surface area contributed by atoms with Gasteiger partial charge in [-0.1, -0.05) is 27.4 Å². The van der Waals surface area contributed by atoms with Crippen molar-refractivity contribution < 1.29 is 0 Å². The Labute approximate surface area is 80.8 Å². The van der Waals surface area contributed by atoms with Crippen LogP contribution < -0.4 is 5.73 Å². The Morgan fingerprint density at radius 2 is 2.08 bits per heavy atom. The van der Waals surface area contributed by atoms with Crippen LogP contribution in [0.2, 0.25) is 0 Å². The molecule has 0 aliphatic carbocycles. The second-order valence-corrected chi connectivity index (χ2v) is 4.85. The fourth-order valence-electron chi connectivity index (χ4n) is 1.23. The zero-order valence-electron chi connectivity index (χ0n) is 8.47. The van der Waals surface area contributed by atoms with Crippen LogP contribution in [0.3, 0.4) is 0 Å². The van der Waals surface area contributed by atoms with Crippen LogP contribution in [0.4, 0.5) is 0 Å². The van der Waals surface area contributed by atoms with E-state index in [0.717, 1.165) is 12.3 Å². The van der Waals surface area contributed by atoms with E-state index in [1.54, 1.807) is 0 Å². The van der Waals surface area contributed by atoms with Crippen LogP contribution in [0.5, 0.6) is 0 Å². The molecular formula is C10H21NS. The summed E-state index contributed by atoms with van der Waals surface area (Å²) in [5.41, 5.74) is 5.68. The summed E-state index contributed by atoms with van der Waals surface area (Å²) < 4.78 is 0. The van der Waals surface area contributed by atoms with Gasteiger partial charge >= 0.3 is 0 Å². The van der Waals surface area contributed by atoms with E-state index in [0.29, 0.717) is 11.8 Å². The summed E-state index contributed by atoms with van der Waals surface area (Å²) in [7, 11) is 0. The van der Waals surface area contributed by atoms with Gasteiger partial charge in [-0.2, -0.15) is 0 Å². The molecular weight excluding hydrogens is 166 g/mol. The van der Waals surface area contributed by atoms with E-state index < -0.39 is 0 Å². The van der Waals surface area contributed by atoms with Crippen LogP contribution in [0.25, 0.3) is 0 Å². The van der Waals surface area contributed by atoms with Gasteiger partial charge in [0.15, 0.2) is 0 Å². The third-order valence-electron chi connectivity index (χ3n) is 1.83. The molecule has 0 aromatic heterocycles. The molecule has 0 rings (SSSR count). The molecule has 1 unspecified atom stereocenters. The third-order valence-corrected chi connectivity index (χ3v) is 2.82. The number of thioether (sulfide) groups is 1. The molecule has 0 spiro atoms. The lowest BCUT2D eigenvalue weighted by Gasteiger charge is -2.18. The minimum absolute atomic E-state index is 0.509. The van der Waals surface area contributed by atoms with Crippen molar-refractivity contribution in [1.82, 2.24) is 0 Å². The molecule has 0 aliphatic heterocycles. The van der Waals surface area contributed by atoms with Gasteiger partial charge in [-0.05, 0) is 29.5 Å². The van der Waals surface area contributed by atoms with Gasteiger partial charge in [-0.25, -0.2) is 0 Å². The summed E-state index contributed by atoms with van der Waals surface area (Å²) >= 11 is 1.83. The fourth-order valence-corrected chi connectivity index (χ4v) is 2.03. The van der Waals surface area contributed by atoms with E-state index in [2.05, 4.69) is 27.4 Å². The van der Waals surface area contributed by atoms with Crippen molar-refractivity contribution in [3.63, 3.8) is 0 Å². The SMILES string of the molecule is C=C(SCC)C(CN)CC(C)C. The molecule has 2 heteroatoms. The first-order chi connectivity index (χ1) is 5.61. The minimum atomic E-state index is 0.509. The predicted octanol–water partition coefficient (Wildman–Crippen LogP) is 2.87. The van der Waals surface area contributed by atoms with Crippen molar-refractivity contribution in [3.05, 3.63) is 11.5 Å². The Balaban J connectivity index is 3.87. The molecule has 0 fully saturated rings. The standard InChI is InChI=1S/C10H21NS/c1-5-12-9(4)10(7-11)6-8(2)3/h8,10H,4-7,11H2,1-3H3. The second kappa shape index (κ2) is 6.55. The predicted molar refractivity (Wildman–Crippen MR) is 59.3 cm³/mol. The van der Waals surface area contributed by atoms with Crippen molar-refractivity contribution in [3.8, 4) is 0 Å². The Hall–Kier alpha value is 0.0500. The second-order valence-electron chi connectivity index (χ2n) is 3.46. The van der Waals surface area contributed by atoms with E-state index in [4.69, 9.17) is 5.73 Å². The molecule has 2 N–H and O–H groups in total. The number of hydrogen-bond donors (Lipinski definition) is 1. The number of nitrogens with two attached hydrogens (primary N) is 1. The van der Waals surface area contributed by atoms with Gasteiger partial charge in [0.2, 0.25) is 0 Å². The lowest BCUT2D eigenvalue weighted by molar-refractivity contribution is 0.478. The molecule has 0 saturated heterocycles. The van der Waals surface area contributed by atoms with Gasteiger partial charge < -0.3 is 5.73 Å². The van der Waals surface area contributed by atoms with Gasteiger partial charge in [-0.3, -0.25) is 0 Å². The highest BCUT2D eigenvalue weighted by molar-refractivity contribution is 8.03. The Morgan fingerprint density at radius 1 is 1.50 bits per heavy atom. The third kappa shape index (κ3) is 4.83. The molecule has 0 heterocycles. The highest BCUT2D eigenvalue weighted by Gasteiger charge is 2.12. The summed E-state index contributed by atoms with van der Waals surface area (Å²) in [4.78, 5) is 1.26. The molecule has 0 aromatic carbocycles. The Morgan fingerprint density at radius 3 is 2.42 bits per heavy atom. The van der Waals surface area contributed by atoms with E-state index in [9.17, 15) is 0 Å². The van der Waals surface area contributed by atoms with Crippen LogP contribution in [0, 0.1) is 11.8 Å². The lowest BCUT2D eigenvalue weighted by atomic mass is 9.97. The van der Waals surface area contributed by atoms with E-state index in [1.807, 2.05) is 11.8 Å². The average molecular weight is 187 g/mol. The van der Waals surface area contributed by atoms with Crippen molar-refractivity contribution in [2.45, 2.75) is 27.2 Å². The quantitative estimate of drug-likeness (QED) is 0.692. The molecule has 12 heavy (non-hydrogen) atoms. The Bertz CT molecular complexity index is 132. The summed E-state index contributed by atoms with van der Waals surface area (Å²) in [5.74, 6) is 2.33. The average Bonchev–Trinajstić information content (AvgIpc) is 2.00. The van der Waals surface area contributed by atoms with Crippen LogP contribution in [-0.2, 0) is 0 Å². The highest BCUT2D eigenvalue weighted by atomic mass is 32.2. The molecule has 0 radical (unpaired) electrons. The summed E-state index contributed by atoms with van der Waals surface area (Å²) in [6, 6.07) is 0. The molecule has 0 saturated carbocycles. The van der Waals surface area contributed by atoms with E-state index >= 15 is 0 Å². The summed E-state index contributed by atoms with van der Waals surface area (Å²) in [6.07, 6.45) is 1.17. The lowest BCUT2D eigenvalue weighted by Crippen LogP contribution is -2.17. The van der Waals surface area contributed by atoms with Gasteiger partial charge in [0.25, 0.3) is 0 Å². The van der Waals surface area contributed by atoms with Crippen LogP contribution in [0.1, 0.15) is 27.2 Å². The fraction of sp³-hybridized carbons (Fsp3) is 0.800. The first-order valence-electron chi connectivity index (χ1n) is 4.63. The van der Waals surface area contributed by atoms with E-state index in [1.165, 1.54) is 11.3 Å². The molecule has 0 bridgehead atoms. The molecule has 0 aromatic rings. The maximum Gasteiger partial charge on any atom is 0.00176 e. The zero-order valence-corrected chi connectivity index (χ0v) is 9.29. The Kier molecular flexibility index (Phi) is 6.58. The first-order valence-corrected chi connectivity index (χ1v) is 5.62. The first kappa shape index (κ1) is 12.0. The zero-order chi connectivity index (χ0) is 9.56. The number of rotatable bonds is 6. The molecule has 0 aliphatic rings. The smallest absolute Gasteiger partial charge is 0.00176 e. The van der Waals surface area contributed by atoms with Crippen LogP contribution in [0.15, 0.2) is 11.5 Å². The van der Waals surface area contributed by atoms with Gasteiger partial charge in [0.05, 0.1) is 0 Å². The van der Waals surface area contributed by atoms with Crippen molar-refractivity contribution >= 4 is 11.8 Å². The monoisotopic (exact) mass is 187 g/mol. The summed E-state index contributed by atoms with van der Waals surface area (Å²) in [6.45, 7) is 11.4. The largest absolute Gasteiger partial charge is 0.330 e. The normalized spacial score (nSPS) is 13.4. The van der Waals surface area contributed by atoms with Crippen LogP contribution >= 0.6 is 11.8 Å². The van der Waals surface area contributed by atoms with Crippen molar-refractivity contribution in [2.24, 2.45) is 17.6 Å². The van der Waals surface area contributed by atoms with Crippen LogP contribution in [-0.4, -0.2) is 12.3 Å². The number of hydrogen-bond acceptors (Lipinski definition) is 2. The molecule has 1 atom stereocenters. The van der Waals surface area contributed by atoms with Crippen molar-refractivity contribution in [1.29, 1.82) is 0 Å². The maximum atomic E-state index is 5.68. The summed E-state index contributed by atoms with van der Waals surface area (Å²) in [5, 5.41) is 0. The molecule has 0 amide bonds. The highest BCUT2D eigenvalue weighted by Crippen LogP contribution is 2.26. The minimum Gasteiger partial charge on any atom is -0.330 e.